The van der Waals surface area contributed by atoms with Crippen molar-refractivity contribution in [3.8, 4) is 11.4 Å². The molecule has 2 aliphatic rings. The van der Waals surface area contributed by atoms with Crippen LogP contribution >= 0.6 is 0 Å². The summed E-state index contributed by atoms with van der Waals surface area (Å²) in [7, 11) is 0. The Morgan fingerprint density at radius 3 is 2.76 bits per heavy atom. The fourth-order valence-corrected chi connectivity index (χ4v) is 3.51. The van der Waals surface area contributed by atoms with Crippen LogP contribution in [0.25, 0.3) is 11.4 Å². The van der Waals surface area contributed by atoms with Gasteiger partial charge in [0.2, 0.25) is 17.6 Å². The average molecular weight is 447 g/mol. The monoisotopic (exact) mass is 446 g/mol. The van der Waals surface area contributed by atoms with Gasteiger partial charge in [-0.3, -0.25) is 9.59 Å². The number of aryl methyl sites for hydroxylation is 2. The summed E-state index contributed by atoms with van der Waals surface area (Å²) in [5, 5.41) is 17.8. The molecule has 0 saturated heterocycles. The van der Waals surface area contributed by atoms with E-state index in [1.54, 1.807) is 0 Å². The van der Waals surface area contributed by atoms with Crippen molar-refractivity contribution in [1.82, 2.24) is 20.8 Å². The zero-order valence-electron chi connectivity index (χ0n) is 18.5. The molecule has 2 heterocycles. The highest BCUT2D eigenvalue weighted by Gasteiger charge is 2.26. The van der Waals surface area contributed by atoms with E-state index in [-0.39, 0.29) is 17.7 Å². The first kappa shape index (κ1) is 22.3. The second kappa shape index (κ2) is 10.6. The maximum atomic E-state index is 12.1. The summed E-state index contributed by atoms with van der Waals surface area (Å²) in [5.41, 5.74) is 2.89. The van der Waals surface area contributed by atoms with Gasteiger partial charge in [-0.25, -0.2) is 0 Å². The highest BCUT2D eigenvalue weighted by molar-refractivity contribution is 5.86. The number of nitrogens with one attached hydrogen (secondary N) is 2. The minimum atomic E-state index is -0.346. The molecule has 1 aromatic carbocycles. The van der Waals surface area contributed by atoms with Crippen molar-refractivity contribution in [1.29, 1.82) is 0 Å². The van der Waals surface area contributed by atoms with Crippen LogP contribution in [-0.4, -0.2) is 35.0 Å². The van der Waals surface area contributed by atoms with Crippen LogP contribution in [0.4, 0.5) is 0 Å². The molecule has 0 radical (unpaired) electrons. The molecule has 33 heavy (non-hydrogen) atoms. The molecule has 0 spiro atoms. The average Bonchev–Trinajstić information content (AvgIpc) is 3.31. The number of carbonyl (C=O) groups excluding carboxylic acids is 2. The van der Waals surface area contributed by atoms with Crippen molar-refractivity contribution < 1.29 is 14.1 Å². The summed E-state index contributed by atoms with van der Waals surface area (Å²) in [6.07, 6.45) is 9.78. The quantitative estimate of drug-likeness (QED) is 0.540. The maximum Gasteiger partial charge on any atom is 0.276 e. The zero-order chi connectivity index (χ0) is 23.0. The van der Waals surface area contributed by atoms with Crippen molar-refractivity contribution in [3.63, 3.8) is 0 Å². The van der Waals surface area contributed by atoms with E-state index < -0.39 is 0 Å². The first-order valence-corrected chi connectivity index (χ1v) is 11.0. The topological polar surface area (TPSA) is 122 Å². The Morgan fingerprint density at radius 2 is 1.91 bits per heavy atom. The second-order valence-electron chi connectivity index (χ2n) is 7.93. The minimum Gasteiger partial charge on any atom is -0.368 e. The molecule has 1 aromatic heterocycles. The van der Waals surface area contributed by atoms with Gasteiger partial charge in [-0.1, -0.05) is 59.3 Å². The summed E-state index contributed by atoms with van der Waals surface area (Å²) in [6.45, 7) is 3.28. The van der Waals surface area contributed by atoms with Crippen LogP contribution in [-0.2, 0) is 16.0 Å². The number of hydrogen-bond acceptors (Lipinski definition) is 7. The SMILES string of the molecule is Cc1ccc(-c2noc(CCC(=O)NCCCCNC3=C4C=CC=CC4C(=O)N=N3)n2)cc1. The number of allylic oxidation sites excluding steroid dienone is 3. The van der Waals surface area contributed by atoms with E-state index in [4.69, 9.17) is 4.52 Å². The number of carbonyl (C=O) groups is 2. The molecule has 1 unspecified atom stereocenters. The largest absolute Gasteiger partial charge is 0.368 e. The van der Waals surface area contributed by atoms with Gasteiger partial charge in [0.15, 0.2) is 5.82 Å². The molecule has 4 rings (SSSR count). The molecule has 170 valence electrons. The third kappa shape index (κ3) is 5.88. The lowest BCUT2D eigenvalue weighted by Crippen LogP contribution is -2.26. The molecule has 0 saturated carbocycles. The lowest BCUT2D eigenvalue weighted by atomic mass is 9.93. The van der Waals surface area contributed by atoms with E-state index in [0.717, 1.165) is 29.5 Å². The summed E-state index contributed by atoms with van der Waals surface area (Å²) in [5.74, 6) is 0.969. The Morgan fingerprint density at radius 1 is 1.09 bits per heavy atom. The van der Waals surface area contributed by atoms with Crippen LogP contribution in [0.3, 0.4) is 0 Å². The van der Waals surface area contributed by atoms with Crippen molar-refractivity contribution in [2.75, 3.05) is 13.1 Å². The van der Waals surface area contributed by atoms with Crippen molar-refractivity contribution >= 4 is 11.8 Å². The van der Waals surface area contributed by atoms with Crippen LogP contribution in [0.5, 0.6) is 0 Å². The standard InChI is InChI=1S/C24H26N6O3/c1-16-8-10-17(11-9-16)22-27-21(33-30-22)13-12-20(31)25-14-4-5-15-26-23-18-6-2-3-7-19(18)24(32)29-28-23/h2-3,6-11,19,26H,4-5,12-15H2,1H3,(H,25,31). The number of hydrogen-bond donors (Lipinski definition) is 2. The molecule has 1 aliphatic carbocycles. The number of rotatable bonds is 10. The van der Waals surface area contributed by atoms with E-state index in [1.807, 2.05) is 55.5 Å². The first-order valence-electron chi connectivity index (χ1n) is 11.0. The molecule has 9 nitrogen and oxygen atoms in total. The zero-order valence-corrected chi connectivity index (χ0v) is 18.5. The molecule has 2 N–H and O–H groups in total. The van der Waals surface area contributed by atoms with Crippen molar-refractivity contribution in [2.24, 2.45) is 16.1 Å². The highest BCUT2D eigenvalue weighted by Crippen LogP contribution is 2.27. The first-order chi connectivity index (χ1) is 16.1. The van der Waals surface area contributed by atoms with Crippen LogP contribution in [0.15, 0.2) is 74.7 Å². The number of unbranched alkanes of at least 4 members (excludes halogenated alkanes) is 1. The van der Waals surface area contributed by atoms with E-state index in [2.05, 4.69) is 31.0 Å². The molecule has 9 heteroatoms. The van der Waals surface area contributed by atoms with Gasteiger partial charge in [-0.2, -0.15) is 4.98 Å². The Hall–Kier alpha value is -3.88. The fraction of sp³-hybridized carbons (Fsp3) is 0.333. The molecule has 0 bridgehead atoms. The summed E-state index contributed by atoms with van der Waals surface area (Å²) < 4.78 is 5.26. The normalized spacial score (nSPS) is 16.8. The van der Waals surface area contributed by atoms with Gasteiger partial charge in [-0.05, 0) is 19.8 Å². The van der Waals surface area contributed by atoms with Gasteiger partial charge in [0.05, 0.1) is 5.92 Å². The number of fused-ring (bicyclic) bond motifs is 1. The molecule has 2 amide bonds. The van der Waals surface area contributed by atoms with Crippen LogP contribution in [0.1, 0.15) is 30.7 Å². The fourth-order valence-electron chi connectivity index (χ4n) is 3.51. The Balaban J connectivity index is 1.12. The van der Waals surface area contributed by atoms with E-state index in [0.29, 0.717) is 43.5 Å². The smallest absolute Gasteiger partial charge is 0.276 e. The Labute approximate surface area is 191 Å². The lowest BCUT2D eigenvalue weighted by molar-refractivity contribution is -0.121. The van der Waals surface area contributed by atoms with Crippen LogP contribution in [0, 0.1) is 12.8 Å². The predicted octanol–water partition coefficient (Wildman–Crippen LogP) is 3.41. The van der Waals surface area contributed by atoms with Gasteiger partial charge < -0.3 is 15.2 Å². The Bertz CT molecular complexity index is 1130. The lowest BCUT2D eigenvalue weighted by Gasteiger charge is -2.20. The summed E-state index contributed by atoms with van der Waals surface area (Å²) in [4.78, 5) is 28.3. The number of benzene rings is 1. The summed E-state index contributed by atoms with van der Waals surface area (Å²) >= 11 is 0. The van der Waals surface area contributed by atoms with Gasteiger partial charge in [0.25, 0.3) is 5.91 Å². The minimum absolute atomic E-state index is 0.0514. The maximum absolute atomic E-state index is 12.1. The van der Waals surface area contributed by atoms with Gasteiger partial charge >= 0.3 is 0 Å². The number of aromatic nitrogens is 2. The van der Waals surface area contributed by atoms with Gasteiger partial charge in [0, 0.05) is 37.1 Å². The number of nitrogens with zero attached hydrogens (tertiary/aromatic N) is 4. The molecule has 2 aromatic rings. The molecule has 1 aliphatic heterocycles. The predicted molar refractivity (Wildman–Crippen MR) is 122 cm³/mol. The molecular weight excluding hydrogens is 420 g/mol. The van der Waals surface area contributed by atoms with Gasteiger partial charge in [-0.15, -0.1) is 10.2 Å². The van der Waals surface area contributed by atoms with Crippen LogP contribution in [0.2, 0.25) is 0 Å². The van der Waals surface area contributed by atoms with E-state index in [9.17, 15) is 9.59 Å². The van der Waals surface area contributed by atoms with E-state index in [1.165, 1.54) is 0 Å². The van der Waals surface area contributed by atoms with Crippen molar-refractivity contribution in [3.05, 3.63) is 71.4 Å². The Kier molecular flexibility index (Phi) is 7.19. The molecule has 1 atom stereocenters. The third-order valence-electron chi connectivity index (χ3n) is 5.38. The van der Waals surface area contributed by atoms with Gasteiger partial charge in [0.1, 0.15) is 0 Å². The van der Waals surface area contributed by atoms with Crippen molar-refractivity contribution in [2.45, 2.75) is 32.6 Å². The number of azo groups is 1. The molecular formula is C24H26N6O3. The number of amides is 2. The highest BCUT2D eigenvalue weighted by atomic mass is 16.5. The molecule has 0 fully saturated rings. The van der Waals surface area contributed by atoms with Crippen LogP contribution < -0.4 is 10.6 Å². The summed E-state index contributed by atoms with van der Waals surface area (Å²) in [6, 6.07) is 7.88. The second-order valence-corrected chi connectivity index (χ2v) is 7.93. The third-order valence-corrected chi connectivity index (χ3v) is 5.38. The van der Waals surface area contributed by atoms with E-state index >= 15 is 0 Å².